The maximum atomic E-state index is 11.0. The van der Waals surface area contributed by atoms with Crippen molar-refractivity contribution < 1.29 is 9.90 Å². The molecule has 1 aromatic heterocycles. The highest BCUT2D eigenvalue weighted by Crippen LogP contribution is 2.27. The van der Waals surface area contributed by atoms with Gasteiger partial charge in [0.15, 0.2) is 0 Å². The van der Waals surface area contributed by atoms with Crippen LogP contribution in [-0.2, 0) is 17.8 Å². The third kappa shape index (κ3) is 2.43. The highest BCUT2D eigenvalue weighted by molar-refractivity contribution is 9.10. The van der Waals surface area contributed by atoms with Gasteiger partial charge in [0.2, 0.25) is 0 Å². The Balaban J connectivity index is 2.49. The SMILES string of the molecule is CCn1cc(CC(C)C(=O)O)c2cc(Br)ccc21. The van der Waals surface area contributed by atoms with Gasteiger partial charge in [-0.15, -0.1) is 0 Å². The Morgan fingerprint density at radius 2 is 2.22 bits per heavy atom. The predicted octanol–water partition coefficient (Wildman–Crippen LogP) is 3.69. The molecule has 0 fully saturated rings. The molecular weight excluding hydrogens is 294 g/mol. The van der Waals surface area contributed by atoms with Crippen molar-refractivity contribution >= 4 is 32.8 Å². The summed E-state index contributed by atoms with van der Waals surface area (Å²) >= 11 is 3.47. The molecule has 1 atom stereocenters. The van der Waals surface area contributed by atoms with Crippen molar-refractivity contribution in [2.45, 2.75) is 26.8 Å². The van der Waals surface area contributed by atoms with Crippen molar-refractivity contribution in [1.82, 2.24) is 4.57 Å². The highest BCUT2D eigenvalue weighted by atomic mass is 79.9. The number of aromatic nitrogens is 1. The molecular formula is C14H16BrNO2. The average molecular weight is 310 g/mol. The molecule has 0 aliphatic rings. The average Bonchev–Trinajstić information content (AvgIpc) is 2.66. The quantitative estimate of drug-likeness (QED) is 0.936. The van der Waals surface area contributed by atoms with Crippen molar-refractivity contribution in [3.63, 3.8) is 0 Å². The van der Waals surface area contributed by atoms with Crippen molar-refractivity contribution in [3.05, 3.63) is 34.4 Å². The van der Waals surface area contributed by atoms with E-state index in [0.29, 0.717) is 6.42 Å². The van der Waals surface area contributed by atoms with Gasteiger partial charge in [0.1, 0.15) is 0 Å². The largest absolute Gasteiger partial charge is 0.481 e. The fourth-order valence-corrected chi connectivity index (χ4v) is 2.55. The summed E-state index contributed by atoms with van der Waals surface area (Å²) in [6.07, 6.45) is 2.63. The summed E-state index contributed by atoms with van der Waals surface area (Å²) in [5.74, 6) is -1.11. The second-order valence-corrected chi connectivity index (χ2v) is 5.46. The Bertz CT molecular complexity index is 589. The lowest BCUT2D eigenvalue weighted by atomic mass is 10.0. The molecule has 0 saturated heterocycles. The Kier molecular flexibility index (Phi) is 3.76. The van der Waals surface area contributed by atoms with E-state index in [9.17, 15) is 4.79 Å². The number of hydrogen-bond donors (Lipinski definition) is 1. The summed E-state index contributed by atoms with van der Waals surface area (Å²) in [4.78, 5) is 11.0. The topological polar surface area (TPSA) is 42.2 Å². The van der Waals surface area contributed by atoms with E-state index in [1.807, 2.05) is 6.07 Å². The summed E-state index contributed by atoms with van der Waals surface area (Å²) in [5, 5.41) is 10.2. The molecule has 0 aliphatic heterocycles. The summed E-state index contributed by atoms with van der Waals surface area (Å²) in [6, 6.07) is 6.14. The normalized spacial score (nSPS) is 12.8. The lowest BCUT2D eigenvalue weighted by Crippen LogP contribution is -2.11. The number of aryl methyl sites for hydroxylation is 1. The third-order valence-electron chi connectivity index (χ3n) is 3.21. The first kappa shape index (κ1) is 13.1. The van der Waals surface area contributed by atoms with Crippen LogP contribution < -0.4 is 0 Å². The van der Waals surface area contributed by atoms with Crippen LogP contribution in [0.2, 0.25) is 0 Å². The fourth-order valence-electron chi connectivity index (χ4n) is 2.18. The summed E-state index contributed by atoms with van der Waals surface area (Å²) in [5.41, 5.74) is 2.26. The number of halogens is 1. The van der Waals surface area contributed by atoms with Gasteiger partial charge in [0.25, 0.3) is 0 Å². The summed E-state index contributed by atoms with van der Waals surface area (Å²) in [7, 11) is 0. The highest BCUT2D eigenvalue weighted by Gasteiger charge is 2.15. The number of aliphatic carboxylic acids is 1. The predicted molar refractivity (Wildman–Crippen MR) is 75.8 cm³/mol. The van der Waals surface area contributed by atoms with Gasteiger partial charge in [-0.3, -0.25) is 4.79 Å². The number of nitrogens with zero attached hydrogens (tertiary/aromatic N) is 1. The lowest BCUT2D eigenvalue weighted by Gasteiger charge is -2.04. The van der Waals surface area contributed by atoms with Crippen LogP contribution in [0.3, 0.4) is 0 Å². The van der Waals surface area contributed by atoms with Crippen LogP contribution in [0.15, 0.2) is 28.9 Å². The number of hydrogen-bond acceptors (Lipinski definition) is 1. The van der Waals surface area contributed by atoms with E-state index in [0.717, 1.165) is 27.5 Å². The molecule has 1 unspecified atom stereocenters. The van der Waals surface area contributed by atoms with Gasteiger partial charge in [0, 0.05) is 28.1 Å². The van der Waals surface area contributed by atoms with Crippen LogP contribution in [0.5, 0.6) is 0 Å². The van der Waals surface area contributed by atoms with Gasteiger partial charge in [-0.1, -0.05) is 22.9 Å². The van der Waals surface area contributed by atoms with Crippen LogP contribution in [0.1, 0.15) is 19.4 Å². The standard InChI is InChI=1S/C14H16BrNO2/c1-3-16-8-10(6-9(2)14(17)18)12-7-11(15)4-5-13(12)16/h4-5,7-9H,3,6H2,1-2H3,(H,17,18). The van der Waals surface area contributed by atoms with E-state index in [2.05, 4.69) is 45.8 Å². The summed E-state index contributed by atoms with van der Waals surface area (Å²) < 4.78 is 3.18. The molecule has 0 aliphatic carbocycles. The number of fused-ring (bicyclic) bond motifs is 1. The minimum absolute atomic E-state index is 0.361. The molecule has 2 rings (SSSR count). The monoisotopic (exact) mass is 309 g/mol. The van der Waals surface area contributed by atoms with Gasteiger partial charge >= 0.3 is 5.97 Å². The fraction of sp³-hybridized carbons (Fsp3) is 0.357. The van der Waals surface area contributed by atoms with E-state index >= 15 is 0 Å². The van der Waals surface area contributed by atoms with Crippen molar-refractivity contribution in [2.75, 3.05) is 0 Å². The second kappa shape index (κ2) is 5.14. The van der Waals surface area contributed by atoms with Crippen molar-refractivity contribution in [2.24, 2.45) is 5.92 Å². The number of rotatable bonds is 4. The molecule has 1 heterocycles. The molecule has 0 amide bonds. The minimum atomic E-state index is -0.748. The Morgan fingerprint density at radius 3 is 2.83 bits per heavy atom. The van der Waals surface area contributed by atoms with E-state index in [1.54, 1.807) is 6.92 Å². The first-order chi connectivity index (χ1) is 8.52. The number of carboxylic acids is 1. The molecule has 0 radical (unpaired) electrons. The van der Waals surface area contributed by atoms with Crippen LogP contribution >= 0.6 is 15.9 Å². The maximum absolute atomic E-state index is 11.0. The van der Waals surface area contributed by atoms with Crippen LogP contribution in [0.25, 0.3) is 10.9 Å². The maximum Gasteiger partial charge on any atom is 0.306 e. The van der Waals surface area contributed by atoms with Crippen molar-refractivity contribution in [3.8, 4) is 0 Å². The van der Waals surface area contributed by atoms with E-state index in [1.165, 1.54) is 0 Å². The number of benzene rings is 1. The van der Waals surface area contributed by atoms with Crippen LogP contribution in [-0.4, -0.2) is 15.6 Å². The molecule has 1 N–H and O–H groups in total. The van der Waals surface area contributed by atoms with Crippen LogP contribution in [0.4, 0.5) is 0 Å². The first-order valence-electron chi connectivity index (χ1n) is 6.03. The molecule has 0 saturated carbocycles. The zero-order valence-corrected chi connectivity index (χ0v) is 12.1. The van der Waals surface area contributed by atoms with E-state index in [4.69, 9.17) is 5.11 Å². The Labute approximate surface area is 115 Å². The molecule has 3 nitrogen and oxygen atoms in total. The molecule has 4 heteroatoms. The van der Waals surface area contributed by atoms with E-state index < -0.39 is 5.97 Å². The Hall–Kier alpha value is -1.29. The minimum Gasteiger partial charge on any atom is -0.481 e. The van der Waals surface area contributed by atoms with E-state index in [-0.39, 0.29) is 5.92 Å². The van der Waals surface area contributed by atoms with Gasteiger partial charge in [-0.05, 0) is 37.1 Å². The lowest BCUT2D eigenvalue weighted by molar-refractivity contribution is -0.141. The smallest absolute Gasteiger partial charge is 0.306 e. The van der Waals surface area contributed by atoms with Gasteiger partial charge in [-0.2, -0.15) is 0 Å². The first-order valence-corrected chi connectivity index (χ1v) is 6.82. The van der Waals surface area contributed by atoms with Gasteiger partial charge in [-0.25, -0.2) is 0 Å². The summed E-state index contributed by atoms with van der Waals surface area (Å²) in [6.45, 7) is 4.72. The Morgan fingerprint density at radius 1 is 1.50 bits per heavy atom. The molecule has 1 aromatic carbocycles. The molecule has 2 aromatic rings. The molecule has 0 spiro atoms. The third-order valence-corrected chi connectivity index (χ3v) is 3.71. The molecule has 18 heavy (non-hydrogen) atoms. The van der Waals surface area contributed by atoms with Gasteiger partial charge < -0.3 is 9.67 Å². The zero-order valence-electron chi connectivity index (χ0n) is 10.5. The molecule has 96 valence electrons. The second-order valence-electron chi connectivity index (χ2n) is 4.55. The zero-order chi connectivity index (χ0) is 13.3. The van der Waals surface area contributed by atoms with Crippen molar-refractivity contribution in [1.29, 1.82) is 0 Å². The van der Waals surface area contributed by atoms with Crippen LogP contribution in [0, 0.1) is 5.92 Å². The number of carboxylic acid groups (broad SMARTS) is 1. The van der Waals surface area contributed by atoms with Gasteiger partial charge in [0.05, 0.1) is 5.92 Å². The number of carbonyl (C=O) groups is 1. The molecule has 0 bridgehead atoms.